The zero-order valence-electron chi connectivity index (χ0n) is 7.75. The smallest absolute Gasteiger partial charge is 0.180 e. The summed E-state index contributed by atoms with van der Waals surface area (Å²) in [4.78, 5) is 5.75. The van der Waals surface area contributed by atoms with Crippen LogP contribution in [0.2, 0.25) is 0 Å². The van der Waals surface area contributed by atoms with E-state index in [0.717, 1.165) is 17.5 Å². The largest absolute Gasteiger partial charge is 0.375 e. The average molecular weight is 219 g/mol. The van der Waals surface area contributed by atoms with Crippen molar-refractivity contribution in [2.24, 2.45) is 5.92 Å². The van der Waals surface area contributed by atoms with Gasteiger partial charge >= 0.3 is 0 Å². The first-order valence-electron chi connectivity index (χ1n) is 4.53. The summed E-state index contributed by atoms with van der Waals surface area (Å²) in [6, 6.07) is 0. The Morgan fingerprint density at radius 1 is 1.62 bits per heavy atom. The fourth-order valence-electron chi connectivity index (χ4n) is 1.81. The molecule has 1 heterocycles. The van der Waals surface area contributed by atoms with Gasteiger partial charge in [-0.3, -0.25) is 0 Å². The van der Waals surface area contributed by atoms with Crippen molar-refractivity contribution in [2.75, 3.05) is 5.73 Å². The normalized spacial score (nSPS) is 20.5. The number of thiazole rings is 1. The third-order valence-electron chi connectivity index (χ3n) is 2.64. The Hall–Kier alpha value is -0.280. The number of fused-ring (bicyclic) bond motifs is 1. The van der Waals surface area contributed by atoms with E-state index in [1.54, 1.807) is 11.3 Å². The lowest BCUT2D eigenvalue weighted by Crippen LogP contribution is -2.11. The van der Waals surface area contributed by atoms with Crippen LogP contribution >= 0.6 is 23.7 Å². The van der Waals surface area contributed by atoms with E-state index in [9.17, 15) is 0 Å². The summed E-state index contributed by atoms with van der Waals surface area (Å²) in [5, 5.41) is 0.747. The molecule has 0 bridgehead atoms. The predicted molar refractivity (Wildman–Crippen MR) is 59.6 cm³/mol. The highest BCUT2D eigenvalue weighted by Crippen LogP contribution is 2.31. The van der Waals surface area contributed by atoms with Crippen molar-refractivity contribution in [3.8, 4) is 0 Å². The number of nitrogens with zero attached hydrogens (tertiary/aromatic N) is 1. The quantitative estimate of drug-likeness (QED) is 0.787. The zero-order chi connectivity index (χ0) is 8.55. The molecule has 2 nitrogen and oxygen atoms in total. The number of hydrogen-bond donors (Lipinski definition) is 1. The summed E-state index contributed by atoms with van der Waals surface area (Å²) in [6.45, 7) is 2.26. The van der Waals surface area contributed by atoms with Crippen LogP contribution in [-0.2, 0) is 12.8 Å². The number of anilines is 1. The van der Waals surface area contributed by atoms with Crippen LogP contribution in [0.25, 0.3) is 0 Å². The molecule has 2 rings (SSSR count). The molecule has 0 fully saturated rings. The van der Waals surface area contributed by atoms with Crippen molar-refractivity contribution < 1.29 is 0 Å². The Morgan fingerprint density at radius 3 is 3.08 bits per heavy atom. The second-order valence-electron chi connectivity index (χ2n) is 3.44. The number of hydrogen-bond acceptors (Lipinski definition) is 3. The van der Waals surface area contributed by atoms with Crippen molar-refractivity contribution in [3.63, 3.8) is 0 Å². The molecule has 0 spiro atoms. The molecule has 4 heteroatoms. The maximum atomic E-state index is 5.65. The fourth-order valence-corrected chi connectivity index (χ4v) is 2.80. The number of aryl methyl sites for hydroxylation is 1. The van der Waals surface area contributed by atoms with Gasteiger partial charge in [0, 0.05) is 4.88 Å². The van der Waals surface area contributed by atoms with Crippen LogP contribution < -0.4 is 5.73 Å². The van der Waals surface area contributed by atoms with Gasteiger partial charge in [0.15, 0.2) is 5.13 Å². The Labute approximate surface area is 89.0 Å². The van der Waals surface area contributed by atoms with Gasteiger partial charge in [-0.1, -0.05) is 13.3 Å². The molecule has 0 amide bonds. The van der Waals surface area contributed by atoms with E-state index >= 15 is 0 Å². The first kappa shape index (κ1) is 10.8. The van der Waals surface area contributed by atoms with Gasteiger partial charge in [0.1, 0.15) is 0 Å². The van der Waals surface area contributed by atoms with Crippen LogP contribution in [0.15, 0.2) is 0 Å². The van der Waals surface area contributed by atoms with E-state index in [1.807, 2.05) is 0 Å². The molecule has 1 unspecified atom stereocenters. The van der Waals surface area contributed by atoms with Gasteiger partial charge in [0.2, 0.25) is 0 Å². The molecule has 74 valence electrons. The second kappa shape index (κ2) is 4.29. The maximum absolute atomic E-state index is 5.65. The Bertz CT molecular complexity index is 285. The van der Waals surface area contributed by atoms with Crippen molar-refractivity contribution in [2.45, 2.75) is 32.6 Å². The highest BCUT2D eigenvalue weighted by molar-refractivity contribution is 7.15. The van der Waals surface area contributed by atoms with Gasteiger partial charge in [-0.05, 0) is 25.2 Å². The summed E-state index contributed by atoms with van der Waals surface area (Å²) >= 11 is 1.68. The zero-order valence-corrected chi connectivity index (χ0v) is 9.38. The van der Waals surface area contributed by atoms with Crippen LogP contribution in [0.5, 0.6) is 0 Å². The number of aromatic nitrogens is 1. The van der Waals surface area contributed by atoms with Gasteiger partial charge in [-0.2, -0.15) is 0 Å². The number of nitrogens with two attached hydrogens (primary N) is 1. The lowest BCUT2D eigenvalue weighted by Gasteiger charge is -2.18. The summed E-state index contributed by atoms with van der Waals surface area (Å²) in [5.41, 5.74) is 6.92. The van der Waals surface area contributed by atoms with Crippen molar-refractivity contribution in [3.05, 3.63) is 10.6 Å². The molecule has 1 aromatic heterocycles. The minimum absolute atomic E-state index is 0. The number of rotatable bonds is 1. The lowest BCUT2D eigenvalue weighted by molar-refractivity contribution is 0.446. The first-order chi connectivity index (χ1) is 5.79. The van der Waals surface area contributed by atoms with Crippen molar-refractivity contribution in [1.29, 1.82) is 0 Å². The van der Waals surface area contributed by atoms with Gasteiger partial charge < -0.3 is 5.73 Å². The third kappa shape index (κ3) is 2.15. The molecule has 13 heavy (non-hydrogen) atoms. The predicted octanol–water partition coefficient (Wildman–Crippen LogP) is 2.66. The Balaban J connectivity index is 0.000000845. The van der Waals surface area contributed by atoms with E-state index in [2.05, 4.69) is 11.9 Å². The molecule has 1 aliphatic carbocycles. The number of nitrogen functional groups attached to an aromatic ring is 1. The molecule has 1 aromatic rings. The summed E-state index contributed by atoms with van der Waals surface area (Å²) in [7, 11) is 0. The first-order valence-corrected chi connectivity index (χ1v) is 5.35. The van der Waals surface area contributed by atoms with E-state index in [-0.39, 0.29) is 12.4 Å². The van der Waals surface area contributed by atoms with E-state index in [4.69, 9.17) is 5.73 Å². The average Bonchev–Trinajstić information content (AvgIpc) is 2.43. The van der Waals surface area contributed by atoms with Gasteiger partial charge in [0.05, 0.1) is 5.69 Å². The topological polar surface area (TPSA) is 38.9 Å². The molecule has 1 atom stereocenters. The highest BCUT2D eigenvalue weighted by atomic mass is 35.5. The minimum atomic E-state index is 0. The molecule has 0 aliphatic heterocycles. The summed E-state index contributed by atoms with van der Waals surface area (Å²) in [6.07, 6.45) is 4.94. The summed E-state index contributed by atoms with van der Waals surface area (Å²) in [5.74, 6) is 0.873. The molecule has 0 radical (unpaired) electrons. The molecule has 0 saturated carbocycles. The van der Waals surface area contributed by atoms with Crippen molar-refractivity contribution in [1.82, 2.24) is 4.98 Å². The SMILES string of the molecule is CCC1CCc2nc(N)sc2C1.Cl. The second-order valence-corrected chi connectivity index (χ2v) is 4.55. The van der Waals surface area contributed by atoms with Crippen LogP contribution in [0.4, 0.5) is 5.13 Å². The minimum Gasteiger partial charge on any atom is -0.375 e. The monoisotopic (exact) mass is 218 g/mol. The Kier molecular flexibility index (Phi) is 3.56. The van der Waals surface area contributed by atoms with Gasteiger partial charge in [-0.15, -0.1) is 23.7 Å². The molecule has 1 aliphatic rings. The van der Waals surface area contributed by atoms with Crippen LogP contribution in [-0.4, -0.2) is 4.98 Å². The standard InChI is InChI=1S/C9H14N2S.ClH/c1-2-6-3-4-7-8(5-6)12-9(10)11-7;/h6H,2-5H2,1H3,(H2,10,11);1H. The molecule has 0 aromatic carbocycles. The van der Waals surface area contributed by atoms with E-state index in [0.29, 0.717) is 0 Å². The molecule has 0 saturated heterocycles. The third-order valence-corrected chi connectivity index (χ3v) is 3.58. The number of halogens is 1. The van der Waals surface area contributed by atoms with Gasteiger partial charge in [-0.25, -0.2) is 4.98 Å². The van der Waals surface area contributed by atoms with Gasteiger partial charge in [0.25, 0.3) is 0 Å². The molecule has 2 N–H and O–H groups in total. The maximum Gasteiger partial charge on any atom is 0.180 e. The summed E-state index contributed by atoms with van der Waals surface area (Å²) < 4.78 is 0. The van der Waals surface area contributed by atoms with E-state index in [1.165, 1.54) is 29.8 Å². The highest BCUT2D eigenvalue weighted by Gasteiger charge is 2.20. The van der Waals surface area contributed by atoms with Crippen LogP contribution in [0, 0.1) is 5.92 Å². The van der Waals surface area contributed by atoms with E-state index < -0.39 is 0 Å². The van der Waals surface area contributed by atoms with Crippen LogP contribution in [0.1, 0.15) is 30.3 Å². The van der Waals surface area contributed by atoms with Crippen LogP contribution in [0.3, 0.4) is 0 Å². The van der Waals surface area contributed by atoms with Crippen molar-refractivity contribution >= 4 is 28.9 Å². The Morgan fingerprint density at radius 2 is 2.38 bits per heavy atom. The fraction of sp³-hybridized carbons (Fsp3) is 0.667. The molecular weight excluding hydrogens is 204 g/mol. The lowest BCUT2D eigenvalue weighted by atomic mass is 9.89. The molecular formula is C9H15ClN2S.